The maximum Gasteiger partial charge on any atom is 0.125 e. The highest BCUT2D eigenvalue weighted by Gasteiger charge is 2.34. The molecule has 2 atom stereocenters. The largest absolute Gasteiger partial charge is 0.488 e. The van der Waals surface area contributed by atoms with Gasteiger partial charge in [0.25, 0.3) is 0 Å². The van der Waals surface area contributed by atoms with Crippen LogP contribution in [0.25, 0.3) is 0 Å². The lowest BCUT2D eigenvalue weighted by atomic mass is 9.95. The van der Waals surface area contributed by atoms with Crippen LogP contribution in [0.3, 0.4) is 0 Å². The Morgan fingerprint density at radius 1 is 1.13 bits per heavy atom. The van der Waals surface area contributed by atoms with Crippen molar-refractivity contribution in [3.05, 3.63) is 64.7 Å². The number of aliphatic hydroxyl groups is 1. The Morgan fingerprint density at radius 2 is 1.74 bits per heavy atom. The minimum Gasteiger partial charge on any atom is -0.488 e. The Hall–Kier alpha value is -1.84. The molecule has 0 amide bonds. The van der Waals surface area contributed by atoms with Gasteiger partial charge in [-0.25, -0.2) is 0 Å². The fourth-order valence-corrected chi connectivity index (χ4v) is 3.06. The van der Waals surface area contributed by atoms with Crippen molar-refractivity contribution in [2.24, 2.45) is 11.7 Å². The monoisotopic (exact) mass is 311 g/mol. The third kappa shape index (κ3) is 3.74. The van der Waals surface area contributed by atoms with E-state index in [1.165, 1.54) is 0 Å². The summed E-state index contributed by atoms with van der Waals surface area (Å²) in [6.45, 7) is 4.62. The Bertz CT molecular complexity index is 642. The number of nitrogens with two attached hydrogens (primary N) is 1. The van der Waals surface area contributed by atoms with Crippen molar-refractivity contribution < 1.29 is 9.84 Å². The van der Waals surface area contributed by atoms with E-state index < -0.39 is 6.10 Å². The molecule has 3 N–H and O–H groups in total. The van der Waals surface area contributed by atoms with Crippen molar-refractivity contribution in [2.45, 2.75) is 45.4 Å². The smallest absolute Gasteiger partial charge is 0.125 e. The molecule has 1 saturated carbocycles. The van der Waals surface area contributed by atoms with Gasteiger partial charge in [0.15, 0.2) is 0 Å². The Kier molecular flexibility index (Phi) is 4.69. The first kappa shape index (κ1) is 16.0. The van der Waals surface area contributed by atoms with E-state index in [0.29, 0.717) is 12.5 Å². The summed E-state index contributed by atoms with van der Waals surface area (Å²) in [5, 5.41) is 10.3. The van der Waals surface area contributed by atoms with Crippen molar-refractivity contribution in [2.75, 3.05) is 0 Å². The minimum absolute atomic E-state index is 0.317. The molecule has 3 rings (SSSR count). The zero-order valence-corrected chi connectivity index (χ0v) is 13.8. The van der Waals surface area contributed by atoms with E-state index in [9.17, 15) is 5.11 Å². The number of benzene rings is 2. The highest BCUT2D eigenvalue weighted by molar-refractivity contribution is 5.44. The van der Waals surface area contributed by atoms with Crippen LogP contribution >= 0.6 is 0 Å². The number of hydrogen-bond acceptors (Lipinski definition) is 3. The summed E-state index contributed by atoms with van der Waals surface area (Å²) in [5.74, 6) is 1.28. The Balaban J connectivity index is 1.74. The van der Waals surface area contributed by atoms with Crippen LogP contribution in [-0.4, -0.2) is 11.2 Å². The average molecular weight is 311 g/mol. The molecule has 1 aliphatic carbocycles. The average Bonchev–Trinajstić information content (AvgIpc) is 3.38. The SMILES string of the molecule is Cc1cc([C@H](N)[C@H](O)C2CC2)cc(C)c1OCc1ccccc1. The summed E-state index contributed by atoms with van der Waals surface area (Å²) in [6.07, 6.45) is 1.74. The van der Waals surface area contributed by atoms with Crippen LogP contribution in [0.5, 0.6) is 5.75 Å². The molecule has 3 heteroatoms. The molecule has 2 aromatic rings. The normalized spacial score (nSPS) is 16.9. The molecule has 0 heterocycles. The van der Waals surface area contributed by atoms with Gasteiger partial charge in [0, 0.05) is 0 Å². The van der Waals surface area contributed by atoms with Gasteiger partial charge in [-0.2, -0.15) is 0 Å². The van der Waals surface area contributed by atoms with Gasteiger partial charge in [0.2, 0.25) is 0 Å². The molecule has 0 unspecified atom stereocenters. The molecule has 1 aliphatic rings. The molecular formula is C20H25NO2. The molecule has 0 saturated heterocycles. The van der Waals surface area contributed by atoms with Crippen LogP contribution in [0.15, 0.2) is 42.5 Å². The van der Waals surface area contributed by atoms with Crippen molar-refractivity contribution >= 4 is 0 Å². The topological polar surface area (TPSA) is 55.5 Å². The maximum absolute atomic E-state index is 10.3. The second-order valence-electron chi connectivity index (χ2n) is 6.61. The van der Waals surface area contributed by atoms with Gasteiger partial charge in [-0.15, -0.1) is 0 Å². The van der Waals surface area contributed by atoms with Crippen molar-refractivity contribution in [1.82, 2.24) is 0 Å². The van der Waals surface area contributed by atoms with E-state index in [2.05, 4.69) is 12.1 Å². The molecule has 0 spiro atoms. The van der Waals surface area contributed by atoms with Gasteiger partial charge in [-0.1, -0.05) is 42.5 Å². The zero-order chi connectivity index (χ0) is 16.4. The Labute approximate surface area is 138 Å². The predicted octanol–water partition coefficient (Wildman–Crippen LogP) is 3.65. The first-order valence-corrected chi connectivity index (χ1v) is 8.28. The van der Waals surface area contributed by atoms with Crippen LogP contribution in [-0.2, 0) is 6.61 Å². The van der Waals surface area contributed by atoms with Crippen LogP contribution in [0.2, 0.25) is 0 Å². The quantitative estimate of drug-likeness (QED) is 0.856. The molecular weight excluding hydrogens is 286 g/mol. The van der Waals surface area contributed by atoms with Crippen LogP contribution in [0.1, 0.15) is 41.1 Å². The maximum atomic E-state index is 10.3. The van der Waals surface area contributed by atoms with E-state index in [-0.39, 0.29) is 6.04 Å². The zero-order valence-electron chi connectivity index (χ0n) is 13.8. The summed E-state index contributed by atoms with van der Waals surface area (Å²) in [7, 11) is 0. The van der Waals surface area contributed by atoms with E-state index in [4.69, 9.17) is 10.5 Å². The summed E-state index contributed by atoms with van der Waals surface area (Å²) in [6, 6.07) is 13.9. The lowest BCUT2D eigenvalue weighted by molar-refractivity contribution is 0.122. The third-order valence-corrected chi connectivity index (χ3v) is 4.57. The third-order valence-electron chi connectivity index (χ3n) is 4.57. The second kappa shape index (κ2) is 6.73. The van der Waals surface area contributed by atoms with Crippen LogP contribution in [0, 0.1) is 19.8 Å². The fraction of sp³-hybridized carbons (Fsp3) is 0.400. The summed E-state index contributed by atoms with van der Waals surface area (Å²) in [5.41, 5.74) is 10.5. The summed E-state index contributed by atoms with van der Waals surface area (Å²) < 4.78 is 6.01. The van der Waals surface area contributed by atoms with Gasteiger partial charge in [0.05, 0.1) is 12.1 Å². The van der Waals surface area contributed by atoms with Gasteiger partial charge in [-0.05, 0) is 54.9 Å². The number of ether oxygens (including phenoxy) is 1. The van der Waals surface area contributed by atoms with Crippen LogP contribution < -0.4 is 10.5 Å². The molecule has 0 bridgehead atoms. The molecule has 0 aromatic heterocycles. The van der Waals surface area contributed by atoms with Gasteiger partial charge in [-0.3, -0.25) is 0 Å². The first-order chi connectivity index (χ1) is 11.1. The van der Waals surface area contributed by atoms with E-state index in [1.807, 2.05) is 44.2 Å². The molecule has 0 aliphatic heterocycles. The number of aryl methyl sites for hydroxylation is 2. The van der Waals surface area contributed by atoms with E-state index in [0.717, 1.165) is 40.8 Å². The lowest BCUT2D eigenvalue weighted by Crippen LogP contribution is -2.28. The molecule has 2 aromatic carbocycles. The van der Waals surface area contributed by atoms with E-state index >= 15 is 0 Å². The minimum atomic E-state index is -0.440. The van der Waals surface area contributed by atoms with Crippen molar-refractivity contribution in [1.29, 1.82) is 0 Å². The van der Waals surface area contributed by atoms with Gasteiger partial charge < -0.3 is 15.6 Å². The van der Waals surface area contributed by atoms with Crippen molar-refractivity contribution in [3.8, 4) is 5.75 Å². The number of rotatable bonds is 6. The molecule has 23 heavy (non-hydrogen) atoms. The Morgan fingerprint density at radius 3 is 2.30 bits per heavy atom. The number of hydrogen-bond donors (Lipinski definition) is 2. The van der Waals surface area contributed by atoms with Crippen molar-refractivity contribution in [3.63, 3.8) is 0 Å². The number of aliphatic hydroxyl groups excluding tert-OH is 1. The highest BCUT2D eigenvalue weighted by atomic mass is 16.5. The van der Waals surface area contributed by atoms with E-state index in [1.54, 1.807) is 0 Å². The molecule has 0 radical (unpaired) electrons. The molecule has 1 fully saturated rings. The molecule has 122 valence electrons. The first-order valence-electron chi connectivity index (χ1n) is 8.28. The molecule has 3 nitrogen and oxygen atoms in total. The van der Waals surface area contributed by atoms with Gasteiger partial charge in [0.1, 0.15) is 12.4 Å². The predicted molar refractivity (Wildman–Crippen MR) is 92.3 cm³/mol. The highest BCUT2D eigenvalue weighted by Crippen LogP contribution is 2.38. The van der Waals surface area contributed by atoms with Gasteiger partial charge >= 0.3 is 0 Å². The summed E-state index contributed by atoms with van der Waals surface area (Å²) in [4.78, 5) is 0. The fourth-order valence-electron chi connectivity index (χ4n) is 3.06. The lowest BCUT2D eigenvalue weighted by Gasteiger charge is -2.21. The summed E-state index contributed by atoms with van der Waals surface area (Å²) >= 11 is 0. The standard InChI is InChI=1S/C20H25NO2/c1-13-10-17(18(21)19(22)16-8-9-16)11-14(2)20(13)23-12-15-6-4-3-5-7-15/h3-7,10-11,16,18-19,22H,8-9,12,21H2,1-2H3/t18-,19+/m0/s1. The second-order valence-corrected chi connectivity index (χ2v) is 6.61. The van der Waals surface area contributed by atoms with Crippen LogP contribution in [0.4, 0.5) is 0 Å².